The zero-order chi connectivity index (χ0) is 16.2. The highest BCUT2D eigenvalue weighted by atomic mass is 35.5. The van der Waals surface area contributed by atoms with Gasteiger partial charge in [-0.2, -0.15) is 0 Å². The lowest BCUT2D eigenvalue weighted by atomic mass is 10.1. The number of anilines is 1. The van der Waals surface area contributed by atoms with Crippen molar-refractivity contribution in [2.75, 3.05) is 37.0 Å². The monoisotopic (exact) mass is 334 g/mol. The number of hydrogen-bond donors (Lipinski definition) is 1. The molecule has 122 valence electrons. The summed E-state index contributed by atoms with van der Waals surface area (Å²) in [5.74, 6) is 1.58. The van der Waals surface area contributed by atoms with Crippen LogP contribution in [0.4, 0.5) is 11.5 Å². The summed E-state index contributed by atoms with van der Waals surface area (Å²) < 4.78 is 0. The second kappa shape index (κ2) is 7.10. The van der Waals surface area contributed by atoms with E-state index in [0.717, 1.165) is 61.3 Å². The van der Waals surface area contributed by atoms with E-state index in [1.165, 1.54) is 6.07 Å². The SMILES string of the molecule is O=[N+]([O-])c1ccc2nc(N3CCNCC3)c(CCCCl)cc2c1. The van der Waals surface area contributed by atoms with Crippen molar-refractivity contribution in [3.05, 3.63) is 39.9 Å². The molecule has 2 heterocycles. The van der Waals surface area contributed by atoms with Crippen molar-refractivity contribution in [1.82, 2.24) is 10.3 Å². The largest absolute Gasteiger partial charge is 0.354 e. The van der Waals surface area contributed by atoms with Gasteiger partial charge in [-0.15, -0.1) is 11.6 Å². The number of nitrogens with one attached hydrogen (secondary N) is 1. The van der Waals surface area contributed by atoms with Gasteiger partial charge >= 0.3 is 0 Å². The molecule has 1 aliphatic heterocycles. The fourth-order valence-corrected chi connectivity index (χ4v) is 3.04. The van der Waals surface area contributed by atoms with Crippen LogP contribution in [0.2, 0.25) is 0 Å². The van der Waals surface area contributed by atoms with Crippen LogP contribution in [0, 0.1) is 10.1 Å². The Hall–Kier alpha value is -1.92. The average Bonchev–Trinajstić information content (AvgIpc) is 2.59. The lowest BCUT2D eigenvalue weighted by molar-refractivity contribution is -0.384. The van der Waals surface area contributed by atoms with Gasteiger partial charge in [0.25, 0.3) is 5.69 Å². The van der Waals surface area contributed by atoms with E-state index >= 15 is 0 Å². The summed E-state index contributed by atoms with van der Waals surface area (Å²) in [6.07, 6.45) is 1.69. The number of non-ortho nitro benzene ring substituents is 1. The number of pyridine rings is 1. The Labute approximate surface area is 139 Å². The molecule has 0 bridgehead atoms. The maximum absolute atomic E-state index is 11.0. The fourth-order valence-electron chi connectivity index (χ4n) is 2.90. The molecule has 0 saturated carbocycles. The Bertz CT molecular complexity index is 717. The highest BCUT2D eigenvalue weighted by Gasteiger charge is 2.17. The molecule has 7 heteroatoms. The van der Waals surface area contributed by atoms with Gasteiger partial charge in [-0.05, 0) is 30.5 Å². The number of piperazine rings is 1. The average molecular weight is 335 g/mol. The van der Waals surface area contributed by atoms with E-state index in [0.29, 0.717) is 5.88 Å². The molecule has 1 saturated heterocycles. The second-order valence-electron chi connectivity index (χ2n) is 5.63. The number of nitrogens with zero attached hydrogens (tertiary/aromatic N) is 3. The molecule has 0 amide bonds. The van der Waals surface area contributed by atoms with E-state index in [2.05, 4.69) is 10.2 Å². The van der Waals surface area contributed by atoms with Crippen LogP contribution >= 0.6 is 11.6 Å². The molecule has 1 fully saturated rings. The van der Waals surface area contributed by atoms with Crippen LogP contribution in [0.25, 0.3) is 10.9 Å². The molecule has 1 aliphatic rings. The summed E-state index contributed by atoms with van der Waals surface area (Å²) >= 11 is 5.84. The minimum Gasteiger partial charge on any atom is -0.354 e. The number of hydrogen-bond acceptors (Lipinski definition) is 5. The molecule has 0 radical (unpaired) electrons. The molecule has 0 aliphatic carbocycles. The minimum atomic E-state index is -0.373. The standard InChI is InChI=1S/C16H19ClN4O2/c17-5-1-2-12-10-13-11-14(21(22)23)3-4-15(13)19-16(12)20-8-6-18-7-9-20/h3-4,10-11,18H,1-2,5-9H2. The van der Waals surface area contributed by atoms with Crippen molar-refractivity contribution in [3.8, 4) is 0 Å². The van der Waals surface area contributed by atoms with E-state index in [1.807, 2.05) is 6.07 Å². The van der Waals surface area contributed by atoms with Gasteiger partial charge in [0, 0.05) is 49.6 Å². The third-order valence-electron chi connectivity index (χ3n) is 4.06. The second-order valence-corrected chi connectivity index (χ2v) is 6.01. The molecule has 1 aromatic heterocycles. The lowest BCUT2D eigenvalue weighted by Crippen LogP contribution is -2.44. The Morgan fingerprint density at radius 1 is 1.30 bits per heavy atom. The van der Waals surface area contributed by atoms with E-state index in [-0.39, 0.29) is 10.6 Å². The predicted octanol–water partition coefficient (Wildman–Crippen LogP) is 2.72. The van der Waals surface area contributed by atoms with Crippen molar-refractivity contribution in [2.45, 2.75) is 12.8 Å². The third-order valence-corrected chi connectivity index (χ3v) is 4.33. The zero-order valence-electron chi connectivity index (χ0n) is 12.8. The first-order valence-corrected chi connectivity index (χ1v) is 8.32. The number of nitro groups is 1. The van der Waals surface area contributed by atoms with Gasteiger partial charge < -0.3 is 10.2 Å². The van der Waals surface area contributed by atoms with Gasteiger partial charge in [0.05, 0.1) is 10.4 Å². The number of aryl methyl sites for hydroxylation is 1. The van der Waals surface area contributed by atoms with Crippen LogP contribution in [0.15, 0.2) is 24.3 Å². The Morgan fingerprint density at radius 2 is 2.09 bits per heavy atom. The predicted molar refractivity (Wildman–Crippen MR) is 92.5 cm³/mol. The minimum absolute atomic E-state index is 0.0949. The van der Waals surface area contributed by atoms with E-state index < -0.39 is 0 Å². The number of fused-ring (bicyclic) bond motifs is 1. The fraction of sp³-hybridized carbons (Fsp3) is 0.438. The van der Waals surface area contributed by atoms with Crippen molar-refractivity contribution in [2.24, 2.45) is 0 Å². The summed E-state index contributed by atoms with van der Waals surface area (Å²) in [6, 6.07) is 6.85. The maximum Gasteiger partial charge on any atom is 0.270 e. The molecule has 0 spiro atoms. The van der Waals surface area contributed by atoms with E-state index in [4.69, 9.17) is 16.6 Å². The number of aromatic nitrogens is 1. The summed E-state index contributed by atoms with van der Waals surface area (Å²) in [5.41, 5.74) is 2.00. The highest BCUT2D eigenvalue weighted by Crippen LogP contribution is 2.27. The molecular weight excluding hydrogens is 316 g/mol. The number of nitro benzene ring substituents is 1. The van der Waals surface area contributed by atoms with Gasteiger partial charge in [-0.3, -0.25) is 10.1 Å². The highest BCUT2D eigenvalue weighted by molar-refractivity contribution is 6.17. The van der Waals surface area contributed by atoms with Crippen molar-refractivity contribution >= 4 is 34.0 Å². The maximum atomic E-state index is 11.0. The zero-order valence-corrected chi connectivity index (χ0v) is 13.6. The first kappa shape index (κ1) is 16.0. The number of halogens is 1. The number of alkyl halides is 1. The van der Waals surface area contributed by atoms with Crippen LogP contribution in [0.3, 0.4) is 0 Å². The van der Waals surface area contributed by atoms with Crippen LogP contribution in [-0.2, 0) is 6.42 Å². The lowest BCUT2D eigenvalue weighted by Gasteiger charge is -2.30. The van der Waals surface area contributed by atoms with Gasteiger partial charge in [0.1, 0.15) is 5.82 Å². The van der Waals surface area contributed by atoms with E-state index in [9.17, 15) is 10.1 Å². The van der Waals surface area contributed by atoms with Crippen LogP contribution in [0.1, 0.15) is 12.0 Å². The molecule has 1 aromatic carbocycles. The van der Waals surface area contributed by atoms with Crippen LogP contribution < -0.4 is 10.2 Å². The van der Waals surface area contributed by atoms with Crippen molar-refractivity contribution < 1.29 is 4.92 Å². The first-order valence-electron chi connectivity index (χ1n) is 7.79. The van der Waals surface area contributed by atoms with Gasteiger partial charge in [0.2, 0.25) is 0 Å². The van der Waals surface area contributed by atoms with Gasteiger partial charge in [-0.1, -0.05) is 0 Å². The third kappa shape index (κ3) is 3.54. The van der Waals surface area contributed by atoms with E-state index in [1.54, 1.807) is 12.1 Å². The quantitative estimate of drug-likeness (QED) is 0.517. The molecule has 23 heavy (non-hydrogen) atoms. The molecule has 3 rings (SSSR count). The summed E-state index contributed by atoms with van der Waals surface area (Å²) in [7, 11) is 0. The van der Waals surface area contributed by atoms with Crippen LogP contribution in [-0.4, -0.2) is 42.0 Å². The van der Waals surface area contributed by atoms with Gasteiger partial charge in [0.15, 0.2) is 0 Å². The number of rotatable bonds is 5. The molecular formula is C16H19ClN4O2. The van der Waals surface area contributed by atoms with Gasteiger partial charge in [-0.25, -0.2) is 4.98 Å². The van der Waals surface area contributed by atoms with Crippen molar-refractivity contribution in [3.63, 3.8) is 0 Å². The smallest absolute Gasteiger partial charge is 0.270 e. The van der Waals surface area contributed by atoms with Crippen LogP contribution in [0.5, 0.6) is 0 Å². The molecule has 2 aromatic rings. The molecule has 0 unspecified atom stereocenters. The van der Waals surface area contributed by atoms with Crippen molar-refractivity contribution in [1.29, 1.82) is 0 Å². The molecule has 0 atom stereocenters. The summed E-state index contributed by atoms with van der Waals surface area (Å²) in [5, 5.41) is 15.1. The molecule has 6 nitrogen and oxygen atoms in total. The summed E-state index contributed by atoms with van der Waals surface area (Å²) in [4.78, 5) is 17.7. The number of benzene rings is 1. The normalized spacial score (nSPS) is 15.1. The summed E-state index contributed by atoms with van der Waals surface area (Å²) in [6.45, 7) is 3.71. The Morgan fingerprint density at radius 3 is 2.78 bits per heavy atom. The Balaban J connectivity index is 2.05. The first-order chi connectivity index (χ1) is 11.2. The molecule has 1 N–H and O–H groups in total. The Kier molecular flexibility index (Phi) is 4.93. The topological polar surface area (TPSA) is 71.3 Å².